The number of aromatic amines is 1. The molecular weight excluding hydrogens is 315 g/mol. The highest BCUT2D eigenvalue weighted by atomic mass is 19.1. The number of aromatic nitrogens is 2. The molecule has 1 saturated heterocycles. The smallest absolute Gasteiger partial charge is 0.123 e. The normalized spacial score (nSPS) is 18.8. The zero-order valence-electron chi connectivity index (χ0n) is 15.1. The highest BCUT2D eigenvalue weighted by Crippen LogP contribution is 2.19. The molecule has 1 aliphatic rings. The van der Waals surface area contributed by atoms with E-state index in [1.807, 2.05) is 18.5 Å². The molecule has 1 aromatic carbocycles. The molecular formula is C20H29FN4. The Morgan fingerprint density at radius 3 is 3.08 bits per heavy atom. The number of nitrogens with one attached hydrogen (secondary N) is 1. The molecule has 0 spiro atoms. The molecule has 5 heteroatoms. The number of nitrogens with zero attached hydrogens (tertiary/aromatic N) is 3. The molecule has 1 N–H and O–H groups in total. The van der Waals surface area contributed by atoms with Crippen LogP contribution in [0.5, 0.6) is 0 Å². The molecule has 0 amide bonds. The van der Waals surface area contributed by atoms with Gasteiger partial charge in [0.15, 0.2) is 0 Å². The Hall–Kier alpha value is -1.72. The number of halogens is 1. The molecule has 0 aliphatic carbocycles. The molecule has 1 unspecified atom stereocenters. The SMILES string of the molecule is CCN(Cc1ncc[nH]1)CC1CCCN(CCc2cccc(F)c2)C1. The van der Waals surface area contributed by atoms with E-state index in [9.17, 15) is 4.39 Å². The summed E-state index contributed by atoms with van der Waals surface area (Å²) in [5, 5.41) is 0. The summed E-state index contributed by atoms with van der Waals surface area (Å²) in [5.41, 5.74) is 1.09. The van der Waals surface area contributed by atoms with E-state index in [2.05, 4.69) is 26.7 Å². The second-order valence-corrected chi connectivity index (χ2v) is 7.05. The molecule has 0 saturated carbocycles. The standard InChI is InChI=1S/C20H29FN4/c1-2-24(16-20-22-9-10-23-20)14-18-6-4-11-25(15-18)12-8-17-5-3-7-19(21)13-17/h3,5,7,9-10,13,18H,2,4,6,8,11-12,14-16H2,1H3,(H,22,23). The third-order valence-electron chi connectivity index (χ3n) is 5.10. The molecule has 1 aromatic heterocycles. The first-order valence-corrected chi connectivity index (χ1v) is 9.40. The topological polar surface area (TPSA) is 35.2 Å². The van der Waals surface area contributed by atoms with Crippen molar-refractivity contribution >= 4 is 0 Å². The average Bonchev–Trinajstić information content (AvgIpc) is 3.13. The van der Waals surface area contributed by atoms with Gasteiger partial charge in [-0.2, -0.15) is 0 Å². The molecule has 4 nitrogen and oxygen atoms in total. The Morgan fingerprint density at radius 2 is 2.32 bits per heavy atom. The summed E-state index contributed by atoms with van der Waals surface area (Å²) < 4.78 is 13.3. The van der Waals surface area contributed by atoms with Gasteiger partial charge < -0.3 is 9.88 Å². The highest BCUT2D eigenvalue weighted by molar-refractivity contribution is 5.16. The van der Waals surface area contributed by atoms with Gasteiger partial charge in [-0.25, -0.2) is 9.37 Å². The third-order valence-corrected chi connectivity index (χ3v) is 5.10. The molecule has 2 aromatic rings. The molecule has 25 heavy (non-hydrogen) atoms. The first-order valence-electron chi connectivity index (χ1n) is 9.40. The third kappa shape index (κ3) is 5.65. The summed E-state index contributed by atoms with van der Waals surface area (Å²) in [6.45, 7) is 8.59. The van der Waals surface area contributed by atoms with Crippen molar-refractivity contribution in [2.75, 3.05) is 32.7 Å². The molecule has 2 heterocycles. The van der Waals surface area contributed by atoms with Crippen LogP contribution in [-0.4, -0.2) is 52.5 Å². The van der Waals surface area contributed by atoms with E-state index in [1.54, 1.807) is 12.1 Å². The molecule has 1 atom stereocenters. The van der Waals surface area contributed by atoms with E-state index < -0.39 is 0 Å². The molecule has 136 valence electrons. The van der Waals surface area contributed by atoms with Crippen LogP contribution in [0, 0.1) is 11.7 Å². The van der Waals surface area contributed by atoms with Gasteiger partial charge in [-0.15, -0.1) is 0 Å². The van der Waals surface area contributed by atoms with Crippen LogP contribution in [0.1, 0.15) is 31.2 Å². The quantitative estimate of drug-likeness (QED) is 0.798. The van der Waals surface area contributed by atoms with Gasteiger partial charge in [0.05, 0.1) is 6.54 Å². The summed E-state index contributed by atoms with van der Waals surface area (Å²) in [6, 6.07) is 6.99. The maximum Gasteiger partial charge on any atom is 0.123 e. The van der Waals surface area contributed by atoms with Crippen LogP contribution in [0.25, 0.3) is 0 Å². The van der Waals surface area contributed by atoms with Crippen molar-refractivity contribution in [3.05, 3.63) is 53.9 Å². The van der Waals surface area contributed by atoms with Gasteiger partial charge in [-0.1, -0.05) is 19.1 Å². The Labute approximate surface area is 150 Å². The van der Waals surface area contributed by atoms with E-state index in [4.69, 9.17) is 0 Å². The second-order valence-electron chi connectivity index (χ2n) is 7.05. The van der Waals surface area contributed by atoms with Crippen LogP contribution in [-0.2, 0) is 13.0 Å². The van der Waals surface area contributed by atoms with Crippen LogP contribution >= 0.6 is 0 Å². The summed E-state index contributed by atoms with van der Waals surface area (Å²) in [6.07, 6.45) is 7.18. The number of hydrogen-bond acceptors (Lipinski definition) is 3. The average molecular weight is 344 g/mol. The molecule has 0 bridgehead atoms. The Kier molecular flexibility index (Phi) is 6.59. The van der Waals surface area contributed by atoms with Gasteiger partial charge >= 0.3 is 0 Å². The maximum absolute atomic E-state index is 13.3. The summed E-state index contributed by atoms with van der Waals surface area (Å²) in [4.78, 5) is 12.6. The number of benzene rings is 1. The Morgan fingerprint density at radius 1 is 1.40 bits per heavy atom. The highest BCUT2D eigenvalue weighted by Gasteiger charge is 2.22. The van der Waals surface area contributed by atoms with Crippen LogP contribution in [0.2, 0.25) is 0 Å². The Balaban J connectivity index is 1.46. The van der Waals surface area contributed by atoms with Crippen molar-refractivity contribution in [2.24, 2.45) is 5.92 Å². The van der Waals surface area contributed by atoms with E-state index in [-0.39, 0.29) is 5.82 Å². The Bertz CT molecular complexity index is 628. The van der Waals surface area contributed by atoms with Gasteiger partial charge in [-0.05, 0) is 56.0 Å². The maximum atomic E-state index is 13.3. The number of rotatable bonds is 8. The van der Waals surface area contributed by atoms with Gasteiger partial charge in [0.1, 0.15) is 11.6 Å². The van der Waals surface area contributed by atoms with E-state index in [0.29, 0.717) is 5.92 Å². The number of likely N-dealkylation sites (tertiary alicyclic amines) is 1. The minimum absolute atomic E-state index is 0.134. The second kappa shape index (κ2) is 9.11. The molecule has 1 fully saturated rings. The lowest BCUT2D eigenvalue weighted by atomic mass is 9.97. The van der Waals surface area contributed by atoms with E-state index in [1.165, 1.54) is 18.9 Å². The zero-order valence-corrected chi connectivity index (χ0v) is 15.1. The van der Waals surface area contributed by atoms with Crippen molar-refractivity contribution < 1.29 is 4.39 Å². The first-order chi connectivity index (χ1) is 12.2. The van der Waals surface area contributed by atoms with Gasteiger partial charge in [0, 0.05) is 32.0 Å². The largest absolute Gasteiger partial charge is 0.348 e. The zero-order chi connectivity index (χ0) is 17.5. The van der Waals surface area contributed by atoms with E-state index in [0.717, 1.165) is 57.1 Å². The predicted octanol–water partition coefficient (Wildman–Crippen LogP) is 3.33. The van der Waals surface area contributed by atoms with Crippen molar-refractivity contribution in [1.29, 1.82) is 0 Å². The lowest BCUT2D eigenvalue weighted by molar-refractivity contribution is 0.132. The predicted molar refractivity (Wildman–Crippen MR) is 98.8 cm³/mol. The van der Waals surface area contributed by atoms with Crippen molar-refractivity contribution in [3.63, 3.8) is 0 Å². The number of piperidine rings is 1. The van der Waals surface area contributed by atoms with Crippen LogP contribution in [0.4, 0.5) is 4.39 Å². The van der Waals surface area contributed by atoms with Crippen molar-refractivity contribution in [3.8, 4) is 0 Å². The van der Waals surface area contributed by atoms with Gasteiger partial charge in [0.2, 0.25) is 0 Å². The lowest BCUT2D eigenvalue weighted by Crippen LogP contribution is -2.41. The van der Waals surface area contributed by atoms with Crippen LogP contribution < -0.4 is 0 Å². The van der Waals surface area contributed by atoms with Crippen molar-refractivity contribution in [2.45, 2.75) is 32.7 Å². The van der Waals surface area contributed by atoms with Crippen molar-refractivity contribution in [1.82, 2.24) is 19.8 Å². The monoisotopic (exact) mass is 344 g/mol. The van der Waals surface area contributed by atoms with Gasteiger partial charge in [0.25, 0.3) is 0 Å². The number of hydrogen-bond donors (Lipinski definition) is 1. The lowest BCUT2D eigenvalue weighted by Gasteiger charge is -2.35. The number of H-pyrrole nitrogens is 1. The summed E-state index contributed by atoms with van der Waals surface area (Å²) >= 11 is 0. The van der Waals surface area contributed by atoms with Crippen LogP contribution in [0.15, 0.2) is 36.7 Å². The first kappa shape index (κ1) is 18.1. The molecule has 1 aliphatic heterocycles. The van der Waals surface area contributed by atoms with Gasteiger partial charge in [-0.3, -0.25) is 4.90 Å². The fraction of sp³-hybridized carbons (Fsp3) is 0.550. The summed E-state index contributed by atoms with van der Waals surface area (Å²) in [7, 11) is 0. The fourth-order valence-corrected chi connectivity index (χ4v) is 3.75. The number of imidazole rings is 1. The minimum Gasteiger partial charge on any atom is -0.348 e. The summed E-state index contributed by atoms with van der Waals surface area (Å²) in [5.74, 6) is 1.61. The minimum atomic E-state index is -0.134. The molecule has 3 rings (SSSR count). The fourth-order valence-electron chi connectivity index (χ4n) is 3.75. The van der Waals surface area contributed by atoms with Crippen LogP contribution in [0.3, 0.4) is 0 Å². The van der Waals surface area contributed by atoms with E-state index >= 15 is 0 Å². The molecule has 0 radical (unpaired) electrons.